The lowest BCUT2D eigenvalue weighted by Crippen LogP contribution is -2.22. The Labute approximate surface area is 149 Å². The lowest BCUT2D eigenvalue weighted by atomic mass is 10.1. The maximum absolute atomic E-state index is 12.5. The molecule has 3 aromatic rings. The second-order valence-corrected chi connectivity index (χ2v) is 7.21. The quantitative estimate of drug-likeness (QED) is 0.728. The van der Waals surface area contributed by atoms with Gasteiger partial charge in [-0.05, 0) is 31.9 Å². The van der Waals surface area contributed by atoms with Gasteiger partial charge in [0.05, 0.1) is 16.4 Å². The van der Waals surface area contributed by atoms with Crippen molar-refractivity contribution in [3.63, 3.8) is 0 Å². The van der Waals surface area contributed by atoms with E-state index in [1.807, 2.05) is 45.0 Å². The molecule has 24 heavy (non-hydrogen) atoms. The molecule has 2 heterocycles. The number of benzene rings is 1. The van der Waals surface area contributed by atoms with Crippen molar-refractivity contribution >= 4 is 44.7 Å². The number of nitrogens with zero attached hydrogens (tertiary/aromatic N) is 1. The van der Waals surface area contributed by atoms with E-state index in [9.17, 15) is 4.79 Å². The molecule has 0 aliphatic carbocycles. The highest BCUT2D eigenvalue weighted by Gasteiger charge is 2.20. The number of thiophene rings is 1. The zero-order valence-corrected chi connectivity index (χ0v) is 15.3. The van der Waals surface area contributed by atoms with Crippen LogP contribution in [0.2, 0.25) is 5.02 Å². The Bertz CT molecular complexity index is 932. The van der Waals surface area contributed by atoms with Gasteiger partial charge in [-0.15, -0.1) is 11.3 Å². The molecule has 0 atom stereocenters. The average molecular weight is 360 g/mol. The molecule has 1 amide bonds. The van der Waals surface area contributed by atoms with E-state index in [2.05, 4.69) is 10.3 Å². The van der Waals surface area contributed by atoms with Gasteiger partial charge in [-0.25, -0.2) is 4.98 Å². The molecule has 124 valence electrons. The summed E-state index contributed by atoms with van der Waals surface area (Å²) in [6.45, 7) is 6.24. The highest BCUT2D eigenvalue weighted by atomic mass is 35.5. The standard InChI is InChI=1S/C18H18ClN3OS/c1-9-4-6-12(7-5-9)8-21-17(23)16-15(20)13-10(2)14(19)11(3)22-18(13)24-16/h4-7H,8,20H2,1-3H3,(H,21,23). The molecule has 2 aromatic heterocycles. The number of hydrogen-bond donors (Lipinski definition) is 2. The predicted octanol–water partition coefficient (Wildman–Crippen LogP) is 4.39. The van der Waals surface area contributed by atoms with Crippen molar-refractivity contribution in [1.82, 2.24) is 10.3 Å². The number of hydrogen-bond acceptors (Lipinski definition) is 4. The lowest BCUT2D eigenvalue weighted by Gasteiger charge is -2.06. The Hall–Kier alpha value is -2.11. The number of carbonyl (C=O) groups is 1. The van der Waals surface area contributed by atoms with Crippen molar-refractivity contribution in [2.75, 3.05) is 5.73 Å². The minimum atomic E-state index is -0.191. The summed E-state index contributed by atoms with van der Waals surface area (Å²) in [6.07, 6.45) is 0. The zero-order valence-electron chi connectivity index (χ0n) is 13.7. The summed E-state index contributed by atoms with van der Waals surface area (Å²) in [5.41, 5.74) is 10.5. The third kappa shape index (κ3) is 2.97. The first-order chi connectivity index (χ1) is 11.4. The van der Waals surface area contributed by atoms with Crippen LogP contribution in [0.15, 0.2) is 24.3 Å². The third-order valence-corrected chi connectivity index (χ3v) is 5.65. The fraction of sp³-hybridized carbons (Fsp3) is 0.222. The van der Waals surface area contributed by atoms with Crippen LogP contribution in [-0.4, -0.2) is 10.9 Å². The molecule has 0 fully saturated rings. The molecule has 3 N–H and O–H groups in total. The smallest absolute Gasteiger partial charge is 0.263 e. The first-order valence-corrected chi connectivity index (χ1v) is 8.76. The van der Waals surface area contributed by atoms with Crippen LogP contribution in [0.1, 0.15) is 32.1 Å². The van der Waals surface area contributed by atoms with Crippen molar-refractivity contribution in [3.05, 3.63) is 56.5 Å². The van der Waals surface area contributed by atoms with Crippen molar-refractivity contribution < 1.29 is 4.79 Å². The average Bonchev–Trinajstić information content (AvgIpc) is 2.88. The number of pyridine rings is 1. The van der Waals surface area contributed by atoms with Crippen LogP contribution in [0.4, 0.5) is 5.69 Å². The fourth-order valence-corrected chi connectivity index (χ4v) is 3.85. The predicted molar refractivity (Wildman–Crippen MR) is 101 cm³/mol. The van der Waals surface area contributed by atoms with Crippen molar-refractivity contribution in [2.24, 2.45) is 0 Å². The van der Waals surface area contributed by atoms with Crippen LogP contribution in [0.5, 0.6) is 0 Å². The number of rotatable bonds is 3. The lowest BCUT2D eigenvalue weighted by molar-refractivity contribution is 0.0956. The van der Waals surface area contributed by atoms with Gasteiger partial charge in [-0.3, -0.25) is 4.79 Å². The Morgan fingerprint density at radius 3 is 2.58 bits per heavy atom. The number of nitrogens with two attached hydrogens (primary N) is 1. The van der Waals surface area contributed by atoms with Crippen LogP contribution in [0.25, 0.3) is 10.2 Å². The summed E-state index contributed by atoms with van der Waals surface area (Å²) >= 11 is 7.56. The summed E-state index contributed by atoms with van der Waals surface area (Å²) in [7, 11) is 0. The highest BCUT2D eigenvalue weighted by Crippen LogP contribution is 2.38. The molecule has 1 aromatic carbocycles. The molecule has 0 spiro atoms. The Morgan fingerprint density at radius 2 is 1.92 bits per heavy atom. The maximum Gasteiger partial charge on any atom is 0.263 e. The van der Waals surface area contributed by atoms with E-state index in [-0.39, 0.29) is 5.91 Å². The van der Waals surface area contributed by atoms with Gasteiger partial charge in [0, 0.05) is 11.9 Å². The van der Waals surface area contributed by atoms with Gasteiger partial charge in [0.2, 0.25) is 0 Å². The molecule has 0 saturated heterocycles. The summed E-state index contributed by atoms with van der Waals surface area (Å²) < 4.78 is 0. The van der Waals surface area contributed by atoms with Crippen LogP contribution in [0, 0.1) is 20.8 Å². The molecular formula is C18H18ClN3OS. The normalized spacial score (nSPS) is 11.0. The topological polar surface area (TPSA) is 68.0 Å². The second-order valence-electron chi connectivity index (χ2n) is 5.83. The van der Waals surface area contributed by atoms with Gasteiger partial charge in [0.1, 0.15) is 9.71 Å². The summed E-state index contributed by atoms with van der Waals surface area (Å²) in [4.78, 5) is 18.2. The highest BCUT2D eigenvalue weighted by molar-refractivity contribution is 7.21. The molecule has 4 nitrogen and oxygen atoms in total. The minimum Gasteiger partial charge on any atom is -0.397 e. The Morgan fingerprint density at radius 1 is 1.25 bits per heavy atom. The number of nitrogens with one attached hydrogen (secondary N) is 1. The third-order valence-electron chi connectivity index (χ3n) is 4.00. The molecule has 0 saturated carbocycles. The molecule has 0 unspecified atom stereocenters. The number of amides is 1. The number of anilines is 1. The van der Waals surface area contributed by atoms with E-state index in [0.29, 0.717) is 22.1 Å². The van der Waals surface area contributed by atoms with Crippen molar-refractivity contribution in [1.29, 1.82) is 0 Å². The van der Waals surface area contributed by atoms with Gasteiger partial charge < -0.3 is 11.1 Å². The van der Waals surface area contributed by atoms with Crippen LogP contribution < -0.4 is 11.1 Å². The monoisotopic (exact) mass is 359 g/mol. The van der Waals surface area contributed by atoms with Crippen molar-refractivity contribution in [3.8, 4) is 0 Å². The van der Waals surface area contributed by atoms with E-state index in [1.165, 1.54) is 16.9 Å². The fourth-order valence-electron chi connectivity index (χ4n) is 2.59. The summed E-state index contributed by atoms with van der Waals surface area (Å²) in [5.74, 6) is -0.191. The largest absolute Gasteiger partial charge is 0.397 e. The minimum absolute atomic E-state index is 0.191. The van der Waals surface area contributed by atoms with E-state index >= 15 is 0 Å². The molecule has 0 aliphatic heterocycles. The van der Waals surface area contributed by atoms with Gasteiger partial charge in [0.25, 0.3) is 5.91 Å². The molecule has 3 rings (SSSR count). The number of fused-ring (bicyclic) bond motifs is 1. The molecular weight excluding hydrogens is 342 g/mol. The van der Waals surface area contributed by atoms with E-state index in [0.717, 1.165) is 27.0 Å². The molecule has 0 aliphatic rings. The van der Waals surface area contributed by atoms with E-state index in [4.69, 9.17) is 17.3 Å². The van der Waals surface area contributed by atoms with Gasteiger partial charge in [-0.2, -0.15) is 0 Å². The van der Waals surface area contributed by atoms with E-state index in [1.54, 1.807) is 0 Å². The van der Waals surface area contributed by atoms with E-state index < -0.39 is 0 Å². The SMILES string of the molecule is Cc1ccc(CNC(=O)c2sc3nc(C)c(Cl)c(C)c3c2N)cc1. The molecule has 0 bridgehead atoms. The van der Waals surface area contributed by atoms with Crippen molar-refractivity contribution in [2.45, 2.75) is 27.3 Å². The number of halogens is 1. The molecule has 0 radical (unpaired) electrons. The molecule has 6 heteroatoms. The first kappa shape index (κ1) is 16.7. The number of carbonyl (C=O) groups excluding carboxylic acids is 1. The van der Waals surface area contributed by atoms with Gasteiger partial charge in [-0.1, -0.05) is 41.4 Å². The summed E-state index contributed by atoms with van der Waals surface area (Å²) in [5, 5.41) is 4.29. The van der Waals surface area contributed by atoms with Gasteiger partial charge in [0.15, 0.2) is 0 Å². The van der Waals surface area contributed by atoms with Crippen LogP contribution >= 0.6 is 22.9 Å². The Kier molecular flexibility index (Phi) is 4.47. The van der Waals surface area contributed by atoms with Crippen LogP contribution in [0.3, 0.4) is 0 Å². The Balaban J connectivity index is 1.88. The van der Waals surface area contributed by atoms with Gasteiger partial charge >= 0.3 is 0 Å². The zero-order chi connectivity index (χ0) is 17.4. The number of aryl methyl sites for hydroxylation is 3. The van der Waals surface area contributed by atoms with Crippen LogP contribution in [-0.2, 0) is 6.54 Å². The number of nitrogen functional groups attached to an aromatic ring is 1. The number of aromatic nitrogens is 1. The second kappa shape index (κ2) is 6.42. The summed E-state index contributed by atoms with van der Waals surface area (Å²) in [6, 6.07) is 8.04. The first-order valence-electron chi connectivity index (χ1n) is 7.57. The maximum atomic E-state index is 12.5.